The van der Waals surface area contributed by atoms with Gasteiger partial charge in [-0.25, -0.2) is 4.98 Å². The second-order valence-corrected chi connectivity index (χ2v) is 6.51. The van der Waals surface area contributed by atoms with E-state index in [-0.39, 0.29) is 12.4 Å². The van der Waals surface area contributed by atoms with Gasteiger partial charge in [0, 0.05) is 17.2 Å². The van der Waals surface area contributed by atoms with E-state index in [1.54, 1.807) is 20.4 Å². The van der Waals surface area contributed by atoms with Crippen LogP contribution in [-0.4, -0.2) is 24.2 Å². The number of aromatic amines is 1. The van der Waals surface area contributed by atoms with Gasteiger partial charge < -0.3 is 19.2 Å². The first-order chi connectivity index (χ1) is 14.3. The van der Waals surface area contributed by atoms with E-state index in [9.17, 15) is 0 Å². The van der Waals surface area contributed by atoms with Gasteiger partial charge in [-0.1, -0.05) is 42.5 Å². The van der Waals surface area contributed by atoms with Gasteiger partial charge in [0.25, 0.3) is 0 Å². The third-order valence-corrected chi connectivity index (χ3v) is 4.63. The Bertz CT molecular complexity index is 1100. The number of imidazole rings is 1. The van der Waals surface area contributed by atoms with E-state index in [0.717, 1.165) is 45.5 Å². The van der Waals surface area contributed by atoms with Crippen molar-refractivity contribution in [2.75, 3.05) is 14.2 Å². The molecule has 1 N–H and O–H groups in total. The number of rotatable bonds is 7. The number of methoxy groups -OCH3 is 2. The number of nitrogens with one attached hydrogen (secondary N) is 1. The van der Waals surface area contributed by atoms with Crippen LogP contribution in [0.3, 0.4) is 0 Å². The average Bonchev–Trinajstić information content (AvgIpc) is 3.28. The van der Waals surface area contributed by atoms with Crippen LogP contribution in [0.1, 0.15) is 5.56 Å². The number of hydrogen-bond acceptors (Lipinski definition) is 4. The largest absolute Gasteiger partial charge is 0.497 e. The molecule has 5 nitrogen and oxygen atoms in total. The van der Waals surface area contributed by atoms with Crippen molar-refractivity contribution in [3.63, 3.8) is 0 Å². The van der Waals surface area contributed by atoms with Crippen LogP contribution >= 0.6 is 12.4 Å². The number of aromatic nitrogens is 2. The molecule has 0 atom stereocenters. The predicted molar refractivity (Wildman–Crippen MR) is 121 cm³/mol. The summed E-state index contributed by atoms with van der Waals surface area (Å²) in [5, 5.41) is 0. The lowest BCUT2D eigenvalue weighted by atomic mass is 10.1. The Kier molecular flexibility index (Phi) is 6.99. The van der Waals surface area contributed by atoms with Gasteiger partial charge in [-0.2, -0.15) is 0 Å². The Balaban J connectivity index is 0.00000256. The molecule has 6 heteroatoms. The third-order valence-electron chi connectivity index (χ3n) is 4.63. The molecule has 30 heavy (non-hydrogen) atoms. The van der Waals surface area contributed by atoms with Gasteiger partial charge in [-0.15, -0.1) is 12.4 Å². The summed E-state index contributed by atoms with van der Waals surface area (Å²) in [5.74, 6) is 3.03. The van der Waals surface area contributed by atoms with Crippen LogP contribution in [0.4, 0.5) is 0 Å². The van der Waals surface area contributed by atoms with Gasteiger partial charge in [0.1, 0.15) is 29.7 Å². The van der Waals surface area contributed by atoms with Crippen molar-refractivity contribution in [2.45, 2.75) is 6.61 Å². The molecule has 0 bridgehead atoms. The first-order valence-electron chi connectivity index (χ1n) is 9.31. The van der Waals surface area contributed by atoms with Crippen LogP contribution in [0.15, 0.2) is 79.0 Å². The molecule has 0 saturated carbocycles. The lowest BCUT2D eigenvalue weighted by Gasteiger charge is -2.11. The van der Waals surface area contributed by atoms with Crippen molar-refractivity contribution in [1.82, 2.24) is 9.97 Å². The van der Waals surface area contributed by atoms with Crippen LogP contribution in [0, 0.1) is 0 Å². The fourth-order valence-electron chi connectivity index (χ4n) is 3.10. The maximum Gasteiger partial charge on any atom is 0.137 e. The number of ether oxygens (including phenoxy) is 3. The second-order valence-electron chi connectivity index (χ2n) is 6.51. The second kappa shape index (κ2) is 9.85. The highest BCUT2D eigenvalue weighted by atomic mass is 35.5. The summed E-state index contributed by atoms with van der Waals surface area (Å²) in [4.78, 5) is 7.88. The van der Waals surface area contributed by atoms with Gasteiger partial charge in [-0.3, -0.25) is 0 Å². The molecular weight excluding hydrogens is 400 g/mol. The molecular formula is C24H23ClN2O3. The first-order valence-corrected chi connectivity index (χ1v) is 9.31. The minimum absolute atomic E-state index is 0. The Morgan fingerprint density at radius 2 is 1.67 bits per heavy atom. The molecule has 154 valence electrons. The molecule has 3 aromatic carbocycles. The van der Waals surface area contributed by atoms with E-state index in [4.69, 9.17) is 14.2 Å². The number of benzene rings is 3. The molecule has 1 heterocycles. The quantitative estimate of drug-likeness (QED) is 0.411. The van der Waals surface area contributed by atoms with Crippen LogP contribution in [0.25, 0.3) is 22.6 Å². The molecule has 0 unspecified atom stereocenters. The lowest BCUT2D eigenvalue weighted by Crippen LogP contribution is -1.96. The summed E-state index contributed by atoms with van der Waals surface area (Å²) >= 11 is 0. The number of halogens is 1. The zero-order valence-electron chi connectivity index (χ0n) is 16.8. The molecule has 1 aromatic heterocycles. The standard InChI is InChI=1S/C24H22N2O3.ClH/c1-27-19-10-6-9-18(13-19)24-25-15-22(26-24)21-12-11-20(14-23(21)28-2)29-16-17-7-4-3-5-8-17;/h3-15H,16H2,1-2H3,(H,25,26);1H. The Morgan fingerprint density at radius 1 is 0.833 bits per heavy atom. The lowest BCUT2D eigenvalue weighted by molar-refractivity contribution is 0.304. The Morgan fingerprint density at radius 3 is 2.43 bits per heavy atom. The van der Waals surface area contributed by atoms with Gasteiger partial charge in [0.2, 0.25) is 0 Å². The van der Waals surface area contributed by atoms with E-state index in [1.165, 1.54) is 0 Å². The summed E-state index contributed by atoms with van der Waals surface area (Å²) in [6.45, 7) is 0.507. The Labute approximate surface area is 182 Å². The fourth-order valence-corrected chi connectivity index (χ4v) is 3.10. The van der Waals surface area contributed by atoms with E-state index in [2.05, 4.69) is 9.97 Å². The maximum atomic E-state index is 5.91. The van der Waals surface area contributed by atoms with E-state index >= 15 is 0 Å². The average molecular weight is 423 g/mol. The fraction of sp³-hybridized carbons (Fsp3) is 0.125. The normalized spacial score (nSPS) is 10.2. The highest BCUT2D eigenvalue weighted by Gasteiger charge is 2.12. The molecule has 0 aliphatic heterocycles. The summed E-state index contributed by atoms with van der Waals surface area (Å²) in [6.07, 6.45) is 1.80. The van der Waals surface area contributed by atoms with E-state index in [1.807, 2.05) is 72.8 Å². The number of H-pyrrole nitrogens is 1. The number of hydrogen-bond donors (Lipinski definition) is 1. The number of nitrogens with zero attached hydrogens (tertiary/aromatic N) is 1. The van der Waals surface area contributed by atoms with Gasteiger partial charge >= 0.3 is 0 Å². The van der Waals surface area contributed by atoms with Gasteiger partial charge in [-0.05, 0) is 29.8 Å². The Hall–Kier alpha value is -3.44. The highest BCUT2D eigenvalue weighted by molar-refractivity contribution is 5.85. The van der Waals surface area contributed by atoms with Gasteiger partial charge in [0.05, 0.1) is 26.1 Å². The van der Waals surface area contributed by atoms with Crippen molar-refractivity contribution < 1.29 is 14.2 Å². The van der Waals surface area contributed by atoms with Crippen LogP contribution in [0.2, 0.25) is 0 Å². The first kappa shape index (κ1) is 21.3. The smallest absolute Gasteiger partial charge is 0.137 e. The topological polar surface area (TPSA) is 56.4 Å². The molecule has 0 radical (unpaired) electrons. The summed E-state index contributed by atoms with van der Waals surface area (Å²) in [6, 6.07) is 23.7. The van der Waals surface area contributed by atoms with Crippen molar-refractivity contribution in [1.29, 1.82) is 0 Å². The zero-order valence-corrected chi connectivity index (χ0v) is 17.6. The summed E-state index contributed by atoms with van der Waals surface area (Å²) < 4.78 is 16.8. The van der Waals surface area contributed by atoms with E-state index in [0.29, 0.717) is 6.61 Å². The molecule has 0 saturated heterocycles. The molecule has 0 aliphatic rings. The van der Waals surface area contributed by atoms with E-state index < -0.39 is 0 Å². The van der Waals surface area contributed by atoms with Gasteiger partial charge in [0.15, 0.2) is 0 Å². The SMILES string of the molecule is COc1cccc(-c2ncc(-c3ccc(OCc4ccccc4)cc3OC)[nH]2)c1.Cl. The van der Waals surface area contributed by atoms with Crippen LogP contribution < -0.4 is 14.2 Å². The minimum atomic E-state index is 0. The summed E-state index contributed by atoms with van der Waals surface area (Å²) in [7, 11) is 3.30. The molecule has 0 fully saturated rings. The third kappa shape index (κ3) is 4.75. The highest BCUT2D eigenvalue weighted by Crippen LogP contribution is 2.34. The minimum Gasteiger partial charge on any atom is -0.497 e. The monoisotopic (exact) mass is 422 g/mol. The van der Waals surface area contributed by atoms with Crippen molar-refractivity contribution in [2.24, 2.45) is 0 Å². The van der Waals surface area contributed by atoms with Crippen molar-refractivity contribution in [3.05, 3.63) is 84.6 Å². The zero-order chi connectivity index (χ0) is 20.1. The molecule has 4 aromatic rings. The maximum absolute atomic E-state index is 5.91. The van der Waals surface area contributed by atoms with Crippen molar-refractivity contribution in [3.8, 4) is 39.9 Å². The molecule has 0 spiro atoms. The van der Waals surface area contributed by atoms with Crippen LogP contribution in [0.5, 0.6) is 17.2 Å². The molecule has 4 rings (SSSR count). The van der Waals surface area contributed by atoms with Crippen molar-refractivity contribution >= 4 is 12.4 Å². The predicted octanol–water partition coefficient (Wildman–Crippen LogP) is 5.76. The molecule has 0 aliphatic carbocycles. The molecule has 0 amide bonds. The van der Waals surface area contributed by atoms with Crippen LogP contribution in [-0.2, 0) is 6.61 Å². The summed E-state index contributed by atoms with van der Waals surface area (Å²) in [5.41, 5.74) is 3.86.